The van der Waals surface area contributed by atoms with Crippen molar-refractivity contribution in [2.45, 2.75) is 43.9 Å². The van der Waals surface area contributed by atoms with Gasteiger partial charge in [-0.15, -0.1) is 0 Å². The molecule has 1 saturated heterocycles. The Morgan fingerprint density at radius 2 is 2.17 bits per heavy atom. The molecule has 2 bridgehead atoms. The van der Waals surface area contributed by atoms with Crippen LogP contribution in [0.2, 0.25) is 5.02 Å². The SMILES string of the molecule is O=C(c1cccc(Cl)c1)N1CCOC2CCC1C2OCC1CC1. The molecule has 0 spiro atoms. The monoisotopic (exact) mass is 335 g/mol. The molecule has 3 atom stereocenters. The van der Waals surface area contributed by atoms with Gasteiger partial charge in [-0.2, -0.15) is 0 Å². The number of benzene rings is 1. The zero-order valence-electron chi connectivity index (χ0n) is 13.1. The van der Waals surface area contributed by atoms with Crippen molar-refractivity contribution in [3.8, 4) is 0 Å². The van der Waals surface area contributed by atoms with Gasteiger partial charge in [0.25, 0.3) is 5.91 Å². The van der Waals surface area contributed by atoms with Gasteiger partial charge in [0.2, 0.25) is 0 Å². The van der Waals surface area contributed by atoms with Gasteiger partial charge in [-0.1, -0.05) is 17.7 Å². The molecule has 0 N–H and O–H groups in total. The summed E-state index contributed by atoms with van der Waals surface area (Å²) in [5.41, 5.74) is 0.642. The van der Waals surface area contributed by atoms with E-state index < -0.39 is 0 Å². The molecule has 0 aromatic heterocycles. The molecular weight excluding hydrogens is 314 g/mol. The second-order valence-corrected chi connectivity index (χ2v) is 7.24. The Balaban J connectivity index is 1.53. The molecule has 1 aliphatic heterocycles. The van der Waals surface area contributed by atoms with Crippen molar-refractivity contribution >= 4 is 17.5 Å². The summed E-state index contributed by atoms with van der Waals surface area (Å²) in [5, 5.41) is 0.591. The number of nitrogens with zero attached hydrogens (tertiary/aromatic N) is 1. The number of ether oxygens (including phenoxy) is 2. The molecule has 0 radical (unpaired) electrons. The average molecular weight is 336 g/mol. The molecule has 1 heterocycles. The minimum absolute atomic E-state index is 0.0150. The lowest BCUT2D eigenvalue weighted by Crippen LogP contribution is -2.46. The molecule has 124 valence electrons. The predicted molar refractivity (Wildman–Crippen MR) is 87.7 cm³/mol. The van der Waals surface area contributed by atoms with E-state index in [0.29, 0.717) is 23.7 Å². The Hall–Kier alpha value is -1.10. The number of halogens is 1. The summed E-state index contributed by atoms with van der Waals surface area (Å²) in [4.78, 5) is 14.9. The fourth-order valence-corrected chi connectivity index (χ4v) is 3.87. The summed E-state index contributed by atoms with van der Waals surface area (Å²) < 4.78 is 12.1. The number of rotatable bonds is 4. The van der Waals surface area contributed by atoms with Crippen LogP contribution in [-0.2, 0) is 9.47 Å². The van der Waals surface area contributed by atoms with Crippen molar-refractivity contribution in [3.05, 3.63) is 34.9 Å². The highest BCUT2D eigenvalue weighted by molar-refractivity contribution is 6.30. The van der Waals surface area contributed by atoms with E-state index in [2.05, 4.69) is 0 Å². The summed E-state index contributed by atoms with van der Waals surface area (Å²) in [6, 6.07) is 7.29. The summed E-state index contributed by atoms with van der Waals surface area (Å²) in [6.07, 6.45) is 4.62. The van der Waals surface area contributed by atoms with Gasteiger partial charge in [-0.3, -0.25) is 4.79 Å². The molecule has 2 saturated carbocycles. The summed E-state index contributed by atoms with van der Waals surface area (Å²) in [6.45, 7) is 2.01. The van der Waals surface area contributed by atoms with Gasteiger partial charge >= 0.3 is 0 Å². The van der Waals surface area contributed by atoms with Gasteiger partial charge in [-0.05, 0) is 49.8 Å². The zero-order chi connectivity index (χ0) is 15.8. The first-order valence-electron chi connectivity index (χ1n) is 8.52. The van der Waals surface area contributed by atoms with Gasteiger partial charge in [0.15, 0.2) is 0 Å². The summed E-state index contributed by atoms with van der Waals surface area (Å²) in [7, 11) is 0. The quantitative estimate of drug-likeness (QED) is 0.848. The lowest BCUT2D eigenvalue weighted by molar-refractivity contribution is -0.0556. The first-order chi connectivity index (χ1) is 11.2. The second kappa shape index (κ2) is 6.42. The van der Waals surface area contributed by atoms with Gasteiger partial charge in [0, 0.05) is 23.7 Å². The van der Waals surface area contributed by atoms with Crippen molar-refractivity contribution in [1.82, 2.24) is 4.90 Å². The maximum absolute atomic E-state index is 12.9. The van der Waals surface area contributed by atoms with E-state index >= 15 is 0 Å². The zero-order valence-corrected chi connectivity index (χ0v) is 13.9. The molecule has 4 rings (SSSR count). The predicted octanol–water partition coefficient (Wildman–Crippen LogP) is 3.14. The van der Waals surface area contributed by atoms with E-state index in [1.165, 1.54) is 12.8 Å². The van der Waals surface area contributed by atoms with Crippen molar-refractivity contribution < 1.29 is 14.3 Å². The van der Waals surface area contributed by atoms with Crippen molar-refractivity contribution in [2.75, 3.05) is 19.8 Å². The Morgan fingerprint density at radius 3 is 2.96 bits per heavy atom. The highest BCUT2D eigenvalue weighted by Crippen LogP contribution is 2.35. The van der Waals surface area contributed by atoms with Gasteiger partial charge in [-0.25, -0.2) is 0 Å². The van der Waals surface area contributed by atoms with Crippen LogP contribution in [0.4, 0.5) is 0 Å². The van der Waals surface area contributed by atoms with Crippen LogP contribution in [-0.4, -0.2) is 48.8 Å². The molecule has 4 nitrogen and oxygen atoms in total. The Kier molecular flexibility index (Phi) is 4.31. The van der Waals surface area contributed by atoms with E-state index in [4.69, 9.17) is 21.1 Å². The molecule has 1 aromatic carbocycles. The maximum atomic E-state index is 12.9. The third kappa shape index (κ3) is 3.25. The number of amides is 1. The minimum Gasteiger partial charge on any atom is -0.374 e. The van der Waals surface area contributed by atoms with Gasteiger partial charge in [0.1, 0.15) is 6.10 Å². The third-order valence-corrected chi connectivity index (χ3v) is 5.35. The van der Waals surface area contributed by atoms with Crippen LogP contribution in [0, 0.1) is 5.92 Å². The van der Waals surface area contributed by atoms with E-state index in [1.807, 2.05) is 17.0 Å². The molecular formula is C18H22ClNO3. The van der Waals surface area contributed by atoms with E-state index in [1.54, 1.807) is 12.1 Å². The fourth-order valence-electron chi connectivity index (χ4n) is 3.68. The van der Waals surface area contributed by atoms with Gasteiger partial charge < -0.3 is 14.4 Å². The summed E-state index contributed by atoms with van der Waals surface area (Å²) >= 11 is 6.04. The Bertz CT molecular complexity index is 589. The van der Waals surface area contributed by atoms with Crippen molar-refractivity contribution in [1.29, 1.82) is 0 Å². The standard InChI is InChI=1S/C18H22ClNO3/c19-14-3-1-2-13(10-14)18(21)20-8-9-22-16-7-6-15(20)17(16)23-11-12-4-5-12/h1-3,10,12,15-17H,4-9,11H2. The third-order valence-electron chi connectivity index (χ3n) is 5.11. The molecule has 1 aromatic rings. The van der Waals surface area contributed by atoms with Crippen LogP contribution < -0.4 is 0 Å². The molecule has 23 heavy (non-hydrogen) atoms. The van der Waals surface area contributed by atoms with Crippen LogP contribution in [0.3, 0.4) is 0 Å². The first kappa shape index (κ1) is 15.4. The van der Waals surface area contributed by atoms with Crippen LogP contribution in [0.1, 0.15) is 36.0 Å². The molecule has 3 aliphatic rings. The van der Waals surface area contributed by atoms with E-state index in [9.17, 15) is 4.79 Å². The topological polar surface area (TPSA) is 38.8 Å². The van der Waals surface area contributed by atoms with E-state index in [0.717, 1.165) is 25.4 Å². The average Bonchev–Trinajstić information content (AvgIpc) is 3.29. The normalized spacial score (nSPS) is 30.3. The smallest absolute Gasteiger partial charge is 0.254 e. The number of carbonyl (C=O) groups is 1. The number of carbonyl (C=O) groups excluding carboxylic acids is 1. The first-order valence-corrected chi connectivity index (χ1v) is 8.90. The number of fused-ring (bicyclic) bond motifs is 2. The van der Waals surface area contributed by atoms with Gasteiger partial charge in [0.05, 0.1) is 18.8 Å². The molecule has 5 heteroatoms. The lowest BCUT2D eigenvalue weighted by atomic mass is 10.1. The van der Waals surface area contributed by atoms with E-state index in [-0.39, 0.29) is 24.2 Å². The number of hydrogen-bond acceptors (Lipinski definition) is 3. The van der Waals surface area contributed by atoms with Crippen LogP contribution >= 0.6 is 11.6 Å². The minimum atomic E-state index is 0.0150. The van der Waals surface area contributed by atoms with Crippen LogP contribution in [0.5, 0.6) is 0 Å². The molecule has 1 amide bonds. The molecule has 3 fully saturated rings. The number of hydrogen-bond donors (Lipinski definition) is 0. The summed E-state index contributed by atoms with van der Waals surface area (Å²) in [5.74, 6) is 0.749. The fraction of sp³-hybridized carbons (Fsp3) is 0.611. The van der Waals surface area contributed by atoms with Crippen molar-refractivity contribution in [2.24, 2.45) is 5.92 Å². The second-order valence-electron chi connectivity index (χ2n) is 6.80. The maximum Gasteiger partial charge on any atom is 0.254 e. The van der Waals surface area contributed by atoms with Crippen LogP contribution in [0.15, 0.2) is 24.3 Å². The largest absolute Gasteiger partial charge is 0.374 e. The molecule has 3 unspecified atom stereocenters. The van der Waals surface area contributed by atoms with Crippen molar-refractivity contribution in [3.63, 3.8) is 0 Å². The highest BCUT2D eigenvalue weighted by Gasteiger charge is 2.45. The highest BCUT2D eigenvalue weighted by atomic mass is 35.5. The van der Waals surface area contributed by atoms with Crippen LogP contribution in [0.25, 0.3) is 0 Å². The lowest BCUT2D eigenvalue weighted by Gasteiger charge is -2.31. The molecule has 2 aliphatic carbocycles. The Morgan fingerprint density at radius 1 is 1.30 bits per heavy atom. The Labute approximate surface area is 141 Å².